The van der Waals surface area contributed by atoms with Crippen LogP contribution in [-0.2, 0) is 9.53 Å². The molecule has 2 aromatic rings. The van der Waals surface area contributed by atoms with Crippen LogP contribution in [0.25, 0.3) is 0 Å². The van der Waals surface area contributed by atoms with Crippen molar-refractivity contribution in [3.63, 3.8) is 0 Å². The highest BCUT2D eigenvalue weighted by molar-refractivity contribution is 5.95. The summed E-state index contributed by atoms with van der Waals surface area (Å²) in [6.07, 6.45) is 4.71. The van der Waals surface area contributed by atoms with E-state index in [-0.39, 0.29) is 18.0 Å². The Kier molecular flexibility index (Phi) is 6.91. The second kappa shape index (κ2) is 9.59. The molecule has 1 N–H and O–H groups in total. The van der Waals surface area contributed by atoms with Crippen molar-refractivity contribution in [2.75, 3.05) is 5.32 Å². The molecular formula is C24H29NO4. The van der Waals surface area contributed by atoms with Gasteiger partial charge in [-0.3, -0.25) is 4.79 Å². The van der Waals surface area contributed by atoms with E-state index in [1.807, 2.05) is 32.0 Å². The first-order valence-electron chi connectivity index (χ1n) is 10.3. The average molecular weight is 395 g/mol. The van der Waals surface area contributed by atoms with E-state index in [9.17, 15) is 9.59 Å². The van der Waals surface area contributed by atoms with Gasteiger partial charge in [-0.2, -0.15) is 0 Å². The average Bonchev–Trinajstić information content (AvgIpc) is 2.72. The van der Waals surface area contributed by atoms with E-state index in [2.05, 4.69) is 5.32 Å². The third kappa shape index (κ3) is 5.83. The number of carbonyl (C=O) groups excluding carboxylic acids is 2. The quantitative estimate of drug-likeness (QED) is 0.683. The van der Waals surface area contributed by atoms with Crippen molar-refractivity contribution >= 4 is 17.6 Å². The number of amides is 1. The predicted octanol–water partition coefficient (Wildman–Crippen LogP) is 5.20. The summed E-state index contributed by atoms with van der Waals surface area (Å²) >= 11 is 0. The molecule has 1 saturated carbocycles. The van der Waals surface area contributed by atoms with Crippen LogP contribution in [-0.4, -0.2) is 24.1 Å². The Hall–Kier alpha value is -2.82. The third-order valence-corrected chi connectivity index (χ3v) is 5.23. The molecule has 1 amide bonds. The van der Waals surface area contributed by atoms with Crippen molar-refractivity contribution < 1.29 is 19.1 Å². The first-order valence-corrected chi connectivity index (χ1v) is 10.3. The molecule has 0 heterocycles. The van der Waals surface area contributed by atoms with Gasteiger partial charge in [0.2, 0.25) is 0 Å². The summed E-state index contributed by atoms with van der Waals surface area (Å²) in [5.74, 6) is 0.151. The van der Waals surface area contributed by atoms with Crippen LogP contribution in [0.5, 0.6) is 5.75 Å². The molecule has 0 saturated heterocycles. The minimum Gasteiger partial charge on any atom is -0.481 e. The zero-order chi connectivity index (χ0) is 20.8. The van der Waals surface area contributed by atoms with Crippen LogP contribution in [0, 0.1) is 13.8 Å². The topological polar surface area (TPSA) is 64.6 Å². The lowest BCUT2D eigenvalue weighted by molar-refractivity contribution is -0.122. The van der Waals surface area contributed by atoms with E-state index in [0.717, 1.165) is 36.8 Å². The van der Waals surface area contributed by atoms with Crippen LogP contribution < -0.4 is 10.1 Å². The second-order valence-electron chi connectivity index (χ2n) is 7.76. The summed E-state index contributed by atoms with van der Waals surface area (Å²) in [5.41, 5.74) is 3.17. The molecular weight excluding hydrogens is 366 g/mol. The summed E-state index contributed by atoms with van der Waals surface area (Å²) in [6, 6.07) is 12.7. The maximum atomic E-state index is 12.5. The maximum Gasteiger partial charge on any atom is 0.338 e. The van der Waals surface area contributed by atoms with Gasteiger partial charge in [0.05, 0.1) is 5.56 Å². The Morgan fingerprint density at radius 3 is 2.38 bits per heavy atom. The summed E-state index contributed by atoms with van der Waals surface area (Å²) in [5, 5.41) is 2.83. The van der Waals surface area contributed by atoms with Crippen LogP contribution in [0.1, 0.15) is 60.5 Å². The standard InChI is InChI=1S/C24H29NO4/c1-16-9-10-17(2)22(15-16)28-18(3)23(26)25-20-13-11-19(12-14-20)24(27)29-21-7-5-4-6-8-21/h9-15,18,21H,4-8H2,1-3H3,(H,25,26). The lowest BCUT2D eigenvalue weighted by atomic mass is 9.98. The van der Waals surface area contributed by atoms with Gasteiger partial charge in [-0.15, -0.1) is 0 Å². The lowest BCUT2D eigenvalue weighted by Crippen LogP contribution is -2.30. The van der Waals surface area contributed by atoms with E-state index >= 15 is 0 Å². The van der Waals surface area contributed by atoms with Crippen molar-refractivity contribution in [2.45, 2.75) is 65.1 Å². The Morgan fingerprint density at radius 2 is 1.69 bits per heavy atom. The first-order chi connectivity index (χ1) is 13.9. The van der Waals surface area contributed by atoms with Crippen LogP contribution >= 0.6 is 0 Å². The molecule has 3 rings (SSSR count). The van der Waals surface area contributed by atoms with Crippen molar-refractivity contribution in [1.82, 2.24) is 0 Å². The number of esters is 1. The highest BCUT2D eigenvalue weighted by atomic mass is 16.5. The second-order valence-corrected chi connectivity index (χ2v) is 7.76. The molecule has 1 aliphatic rings. The fraction of sp³-hybridized carbons (Fsp3) is 0.417. The summed E-state index contributed by atoms with van der Waals surface area (Å²) in [7, 11) is 0. The Labute approximate surface area is 172 Å². The molecule has 2 aromatic carbocycles. The van der Waals surface area contributed by atoms with E-state index in [4.69, 9.17) is 9.47 Å². The maximum absolute atomic E-state index is 12.5. The molecule has 0 radical (unpaired) electrons. The Morgan fingerprint density at radius 1 is 1.00 bits per heavy atom. The number of nitrogens with one attached hydrogen (secondary N) is 1. The summed E-state index contributed by atoms with van der Waals surface area (Å²) in [6.45, 7) is 5.65. The van der Waals surface area contributed by atoms with E-state index in [1.165, 1.54) is 6.42 Å². The van der Waals surface area contributed by atoms with Crippen LogP contribution in [0.2, 0.25) is 0 Å². The molecule has 0 aromatic heterocycles. The van der Waals surface area contributed by atoms with Gasteiger partial charge in [0.15, 0.2) is 6.10 Å². The van der Waals surface area contributed by atoms with Crippen molar-refractivity contribution in [2.24, 2.45) is 0 Å². The van der Waals surface area contributed by atoms with E-state index in [0.29, 0.717) is 17.0 Å². The molecule has 5 nitrogen and oxygen atoms in total. The fourth-order valence-corrected chi connectivity index (χ4v) is 3.41. The van der Waals surface area contributed by atoms with Crippen molar-refractivity contribution in [3.8, 4) is 5.75 Å². The molecule has 154 valence electrons. The first kappa shape index (κ1) is 20.9. The summed E-state index contributed by atoms with van der Waals surface area (Å²) in [4.78, 5) is 24.8. The molecule has 0 bridgehead atoms. The largest absolute Gasteiger partial charge is 0.481 e. The van der Waals surface area contributed by atoms with Crippen LogP contribution in [0.15, 0.2) is 42.5 Å². The molecule has 1 fully saturated rings. The number of carbonyl (C=O) groups is 2. The minimum absolute atomic E-state index is 0.0266. The van der Waals surface area contributed by atoms with Gasteiger partial charge < -0.3 is 14.8 Å². The SMILES string of the molecule is Cc1ccc(C)c(OC(C)C(=O)Nc2ccc(C(=O)OC3CCCCC3)cc2)c1. The number of hydrogen-bond acceptors (Lipinski definition) is 4. The number of hydrogen-bond donors (Lipinski definition) is 1. The number of rotatable bonds is 6. The number of ether oxygens (including phenoxy) is 2. The highest BCUT2D eigenvalue weighted by Crippen LogP contribution is 2.23. The van der Waals surface area contributed by atoms with Crippen LogP contribution in [0.4, 0.5) is 5.69 Å². The molecule has 5 heteroatoms. The van der Waals surface area contributed by atoms with Gasteiger partial charge in [-0.1, -0.05) is 18.6 Å². The van der Waals surface area contributed by atoms with Crippen LogP contribution in [0.3, 0.4) is 0 Å². The van der Waals surface area contributed by atoms with Gasteiger partial charge in [-0.25, -0.2) is 4.79 Å². The third-order valence-electron chi connectivity index (χ3n) is 5.23. The number of aryl methyl sites for hydroxylation is 2. The molecule has 1 aliphatic carbocycles. The van der Waals surface area contributed by atoms with Crippen molar-refractivity contribution in [3.05, 3.63) is 59.2 Å². The zero-order valence-electron chi connectivity index (χ0n) is 17.4. The summed E-state index contributed by atoms with van der Waals surface area (Å²) < 4.78 is 11.4. The zero-order valence-corrected chi connectivity index (χ0v) is 17.4. The highest BCUT2D eigenvalue weighted by Gasteiger charge is 2.19. The van der Waals surface area contributed by atoms with Gasteiger partial charge in [0, 0.05) is 5.69 Å². The monoisotopic (exact) mass is 395 g/mol. The Balaban J connectivity index is 1.55. The van der Waals surface area contributed by atoms with Gasteiger partial charge >= 0.3 is 5.97 Å². The molecule has 1 atom stereocenters. The number of anilines is 1. The normalized spacial score (nSPS) is 15.4. The Bertz CT molecular complexity index is 854. The van der Waals surface area contributed by atoms with Gasteiger partial charge in [0.25, 0.3) is 5.91 Å². The van der Waals surface area contributed by atoms with E-state index < -0.39 is 6.10 Å². The molecule has 0 aliphatic heterocycles. The minimum atomic E-state index is -0.647. The van der Waals surface area contributed by atoms with Crippen molar-refractivity contribution in [1.29, 1.82) is 0 Å². The van der Waals surface area contributed by atoms with E-state index in [1.54, 1.807) is 31.2 Å². The number of benzene rings is 2. The molecule has 1 unspecified atom stereocenters. The fourth-order valence-electron chi connectivity index (χ4n) is 3.41. The smallest absolute Gasteiger partial charge is 0.338 e. The molecule has 29 heavy (non-hydrogen) atoms. The molecule has 0 spiro atoms. The van der Waals surface area contributed by atoms with Gasteiger partial charge in [0.1, 0.15) is 11.9 Å². The van der Waals surface area contributed by atoms with Gasteiger partial charge in [-0.05, 0) is 87.9 Å². The predicted molar refractivity (Wildman–Crippen MR) is 113 cm³/mol. The lowest BCUT2D eigenvalue weighted by Gasteiger charge is -2.21.